The maximum absolute atomic E-state index is 12.9. The van der Waals surface area contributed by atoms with Crippen molar-refractivity contribution < 1.29 is 17.6 Å². The molecule has 0 amide bonds. The van der Waals surface area contributed by atoms with Gasteiger partial charge in [-0.05, 0) is 37.1 Å². The molecule has 1 unspecified atom stereocenters. The maximum Gasteiger partial charge on any atom is 0.418 e. The van der Waals surface area contributed by atoms with Crippen molar-refractivity contribution in [1.82, 2.24) is 5.32 Å². The molecule has 2 N–H and O–H groups in total. The SMILES string of the molecule is FCc1ccc(NCC2CCCN2)c(C(F)(F)F)c1. The zero-order valence-electron chi connectivity index (χ0n) is 10.4. The highest BCUT2D eigenvalue weighted by Crippen LogP contribution is 2.35. The van der Waals surface area contributed by atoms with E-state index in [1.165, 1.54) is 12.1 Å². The van der Waals surface area contributed by atoms with Crippen LogP contribution in [0.3, 0.4) is 0 Å². The van der Waals surface area contributed by atoms with E-state index in [2.05, 4.69) is 10.6 Å². The monoisotopic (exact) mass is 276 g/mol. The van der Waals surface area contributed by atoms with Gasteiger partial charge in [-0.25, -0.2) is 4.39 Å². The van der Waals surface area contributed by atoms with Crippen molar-refractivity contribution in [3.05, 3.63) is 29.3 Å². The molecule has 1 aromatic carbocycles. The van der Waals surface area contributed by atoms with Gasteiger partial charge in [-0.1, -0.05) is 6.07 Å². The van der Waals surface area contributed by atoms with Crippen molar-refractivity contribution in [3.8, 4) is 0 Å². The van der Waals surface area contributed by atoms with E-state index < -0.39 is 18.4 Å². The first-order chi connectivity index (χ1) is 9.00. The van der Waals surface area contributed by atoms with Crippen LogP contribution < -0.4 is 10.6 Å². The van der Waals surface area contributed by atoms with Crippen molar-refractivity contribution in [2.24, 2.45) is 0 Å². The first-order valence-corrected chi connectivity index (χ1v) is 6.24. The smallest absolute Gasteiger partial charge is 0.383 e. The summed E-state index contributed by atoms with van der Waals surface area (Å²) in [7, 11) is 0. The summed E-state index contributed by atoms with van der Waals surface area (Å²) >= 11 is 0. The summed E-state index contributed by atoms with van der Waals surface area (Å²) < 4.78 is 51.1. The molecule has 1 atom stereocenters. The Bertz CT molecular complexity index is 425. The molecular formula is C13H16F4N2. The number of anilines is 1. The van der Waals surface area contributed by atoms with E-state index in [1.54, 1.807) is 0 Å². The Morgan fingerprint density at radius 3 is 2.68 bits per heavy atom. The lowest BCUT2D eigenvalue weighted by molar-refractivity contribution is -0.137. The molecule has 1 fully saturated rings. The Morgan fingerprint density at radius 1 is 1.32 bits per heavy atom. The van der Waals surface area contributed by atoms with Crippen molar-refractivity contribution in [3.63, 3.8) is 0 Å². The molecule has 1 saturated heterocycles. The molecule has 0 aromatic heterocycles. The zero-order valence-corrected chi connectivity index (χ0v) is 10.4. The molecule has 0 spiro atoms. The van der Waals surface area contributed by atoms with E-state index in [1.807, 2.05) is 0 Å². The quantitative estimate of drug-likeness (QED) is 0.824. The van der Waals surface area contributed by atoms with Crippen LogP contribution in [-0.4, -0.2) is 19.1 Å². The molecular weight excluding hydrogens is 260 g/mol. The van der Waals surface area contributed by atoms with Crippen molar-refractivity contribution in [2.45, 2.75) is 31.7 Å². The van der Waals surface area contributed by atoms with Gasteiger partial charge in [-0.15, -0.1) is 0 Å². The van der Waals surface area contributed by atoms with E-state index in [4.69, 9.17) is 0 Å². The predicted octanol–water partition coefficient (Wildman–Crippen LogP) is 3.34. The first-order valence-electron chi connectivity index (χ1n) is 6.24. The molecule has 1 aromatic rings. The van der Waals surface area contributed by atoms with Gasteiger partial charge < -0.3 is 10.6 Å². The minimum absolute atomic E-state index is 0.0124. The molecule has 0 radical (unpaired) electrons. The Kier molecular flexibility index (Phi) is 4.29. The van der Waals surface area contributed by atoms with Crippen LogP contribution in [0.2, 0.25) is 0 Å². The van der Waals surface area contributed by atoms with E-state index in [-0.39, 0.29) is 17.3 Å². The topological polar surface area (TPSA) is 24.1 Å². The Morgan fingerprint density at radius 2 is 2.11 bits per heavy atom. The number of nitrogens with one attached hydrogen (secondary N) is 2. The van der Waals surface area contributed by atoms with Gasteiger partial charge >= 0.3 is 6.18 Å². The number of rotatable bonds is 4. The molecule has 2 nitrogen and oxygen atoms in total. The van der Waals surface area contributed by atoms with Crippen LogP contribution in [0.5, 0.6) is 0 Å². The van der Waals surface area contributed by atoms with Crippen molar-refractivity contribution in [2.75, 3.05) is 18.4 Å². The molecule has 1 aliphatic heterocycles. The third-order valence-electron chi connectivity index (χ3n) is 3.24. The summed E-state index contributed by atoms with van der Waals surface area (Å²) in [6, 6.07) is 3.73. The van der Waals surface area contributed by atoms with Crippen LogP contribution in [0, 0.1) is 0 Å². The molecule has 106 valence electrons. The van der Waals surface area contributed by atoms with Crippen molar-refractivity contribution in [1.29, 1.82) is 0 Å². The molecule has 0 bridgehead atoms. The summed E-state index contributed by atoms with van der Waals surface area (Å²) in [5.74, 6) is 0. The summed E-state index contributed by atoms with van der Waals surface area (Å²) in [5, 5.41) is 6.01. The van der Waals surface area contributed by atoms with E-state index >= 15 is 0 Å². The number of alkyl halides is 4. The highest BCUT2D eigenvalue weighted by molar-refractivity contribution is 5.54. The van der Waals surface area contributed by atoms with Gasteiger partial charge in [-0.2, -0.15) is 13.2 Å². The fraction of sp³-hybridized carbons (Fsp3) is 0.538. The summed E-state index contributed by atoms with van der Waals surface area (Å²) in [5.41, 5.74) is -0.754. The highest BCUT2D eigenvalue weighted by atomic mass is 19.4. The number of hydrogen-bond donors (Lipinski definition) is 2. The fourth-order valence-electron chi connectivity index (χ4n) is 2.23. The molecule has 1 aliphatic rings. The van der Waals surface area contributed by atoms with E-state index in [0.29, 0.717) is 6.54 Å². The van der Waals surface area contributed by atoms with Gasteiger partial charge in [0.2, 0.25) is 0 Å². The summed E-state index contributed by atoms with van der Waals surface area (Å²) in [6.45, 7) is 0.449. The zero-order chi connectivity index (χ0) is 13.9. The third kappa shape index (κ3) is 3.59. The van der Waals surface area contributed by atoms with Crippen LogP contribution in [0.15, 0.2) is 18.2 Å². The van der Waals surface area contributed by atoms with Gasteiger partial charge in [-0.3, -0.25) is 0 Å². The molecule has 1 heterocycles. The Balaban J connectivity index is 2.13. The summed E-state index contributed by atoms with van der Waals surface area (Å²) in [6.07, 6.45) is -2.48. The fourth-order valence-corrected chi connectivity index (χ4v) is 2.23. The number of hydrogen-bond acceptors (Lipinski definition) is 2. The molecule has 0 saturated carbocycles. The molecule has 6 heteroatoms. The maximum atomic E-state index is 12.9. The minimum atomic E-state index is -4.48. The lowest BCUT2D eigenvalue weighted by Gasteiger charge is -2.18. The van der Waals surface area contributed by atoms with Crippen LogP contribution in [0.4, 0.5) is 23.2 Å². The van der Waals surface area contributed by atoms with Gasteiger partial charge in [0.25, 0.3) is 0 Å². The van der Waals surface area contributed by atoms with E-state index in [9.17, 15) is 17.6 Å². The Hall–Kier alpha value is -1.30. The Labute approximate surface area is 109 Å². The second kappa shape index (κ2) is 5.77. The highest BCUT2D eigenvalue weighted by Gasteiger charge is 2.34. The third-order valence-corrected chi connectivity index (χ3v) is 3.24. The predicted molar refractivity (Wildman–Crippen MR) is 65.8 cm³/mol. The second-order valence-corrected chi connectivity index (χ2v) is 4.69. The second-order valence-electron chi connectivity index (χ2n) is 4.69. The van der Waals surface area contributed by atoms with E-state index in [0.717, 1.165) is 25.5 Å². The van der Waals surface area contributed by atoms with Gasteiger partial charge in [0.1, 0.15) is 6.67 Å². The normalized spacial score (nSPS) is 19.7. The lowest BCUT2D eigenvalue weighted by Crippen LogP contribution is -2.29. The average molecular weight is 276 g/mol. The minimum Gasteiger partial charge on any atom is -0.383 e. The first kappa shape index (κ1) is 14.1. The van der Waals surface area contributed by atoms with Crippen LogP contribution >= 0.6 is 0 Å². The van der Waals surface area contributed by atoms with Gasteiger partial charge in [0.05, 0.1) is 5.56 Å². The number of halogens is 4. The van der Waals surface area contributed by atoms with Crippen molar-refractivity contribution >= 4 is 5.69 Å². The molecule has 19 heavy (non-hydrogen) atoms. The standard InChI is InChI=1S/C13H16F4N2/c14-7-9-3-4-12(11(6-9)13(15,16)17)19-8-10-2-1-5-18-10/h3-4,6,10,18-19H,1-2,5,7-8H2. The number of benzene rings is 1. The van der Waals surface area contributed by atoms with Gasteiger partial charge in [0.15, 0.2) is 0 Å². The lowest BCUT2D eigenvalue weighted by atomic mass is 10.1. The van der Waals surface area contributed by atoms with Gasteiger partial charge in [0, 0.05) is 18.3 Å². The van der Waals surface area contributed by atoms with Crippen LogP contribution in [-0.2, 0) is 12.9 Å². The van der Waals surface area contributed by atoms with Crippen LogP contribution in [0.25, 0.3) is 0 Å². The molecule has 0 aliphatic carbocycles. The van der Waals surface area contributed by atoms with Crippen LogP contribution in [0.1, 0.15) is 24.0 Å². The summed E-state index contributed by atoms with van der Waals surface area (Å²) in [4.78, 5) is 0. The molecule has 2 rings (SSSR count). The largest absolute Gasteiger partial charge is 0.418 e. The average Bonchev–Trinajstić information content (AvgIpc) is 2.88.